The van der Waals surface area contributed by atoms with Crippen molar-refractivity contribution < 1.29 is 14.3 Å². The van der Waals surface area contributed by atoms with E-state index in [4.69, 9.17) is 9.47 Å². The molecule has 0 bridgehead atoms. The minimum absolute atomic E-state index is 0.0133. The van der Waals surface area contributed by atoms with E-state index in [1.165, 1.54) is 6.33 Å². The highest BCUT2D eigenvalue weighted by atomic mass is 16.5. The maximum absolute atomic E-state index is 12.6. The SMILES string of the molecule is CC(C)Oc1ccccc1NC(=O)c1cc(NCCN2CCOCC2)ncn1. The number of amides is 1. The number of hydrogen-bond acceptors (Lipinski definition) is 7. The zero-order chi connectivity index (χ0) is 19.8. The molecule has 0 radical (unpaired) electrons. The van der Waals surface area contributed by atoms with Crippen molar-refractivity contribution in [3.8, 4) is 5.75 Å². The minimum atomic E-state index is -0.307. The number of anilines is 2. The Morgan fingerprint density at radius 2 is 2.04 bits per heavy atom. The highest BCUT2D eigenvalue weighted by molar-refractivity contribution is 6.04. The third-order valence-electron chi connectivity index (χ3n) is 4.24. The third-order valence-corrected chi connectivity index (χ3v) is 4.24. The van der Waals surface area contributed by atoms with Gasteiger partial charge in [-0.3, -0.25) is 9.69 Å². The molecule has 3 rings (SSSR count). The maximum atomic E-state index is 12.6. The Kier molecular flexibility index (Phi) is 7.16. The molecule has 2 aromatic rings. The van der Waals surface area contributed by atoms with Crippen molar-refractivity contribution in [2.45, 2.75) is 20.0 Å². The standard InChI is InChI=1S/C20H27N5O3/c1-15(2)28-18-6-4-3-5-16(18)24-20(26)17-13-19(23-14-22-17)21-7-8-25-9-11-27-12-10-25/h3-6,13-15H,7-12H2,1-2H3,(H,24,26)(H,21,22,23). The lowest BCUT2D eigenvalue weighted by molar-refractivity contribution is 0.0398. The van der Waals surface area contributed by atoms with Gasteiger partial charge in [0.15, 0.2) is 0 Å². The molecule has 0 unspecified atom stereocenters. The summed E-state index contributed by atoms with van der Waals surface area (Å²) >= 11 is 0. The molecule has 1 aliphatic rings. The lowest BCUT2D eigenvalue weighted by Crippen LogP contribution is -2.39. The average molecular weight is 385 g/mol. The van der Waals surface area contributed by atoms with E-state index < -0.39 is 0 Å². The fraction of sp³-hybridized carbons (Fsp3) is 0.450. The van der Waals surface area contributed by atoms with E-state index >= 15 is 0 Å². The molecule has 0 aliphatic carbocycles. The molecule has 8 heteroatoms. The van der Waals surface area contributed by atoms with E-state index in [0.29, 0.717) is 22.9 Å². The summed E-state index contributed by atoms with van der Waals surface area (Å²) in [5, 5.41) is 6.11. The van der Waals surface area contributed by atoms with Crippen LogP contribution in [-0.4, -0.2) is 66.3 Å². The fourth-order valence-electron chi connectivity index (χ4n) is 2.86. The summed E-state index contributed by atoms with van der Waals surface area (Å²) in [4.78, 5) is 23.2. The first-order valence-electron chi connectivity index (χ1n) is 9.55. The number of hydrogen-bond donors (Lipinski definition) is 2. The lowest BCUT2D eigenvalue weighted by Gasteiger charge is -2.26. The Labute approximate surface area is 165 Å². The van der Waals surface area contributed by atoms with Crippen LogP contribution in [0.5, 0.6) is 5.75 Å². The van der Waals surface area contributed by atoms with Crippen LogP contribution in [-0.2, 0) is 4.74 Å². The average Bonchev–Trinajstić information content (AvgIpc) is 2.70. The monoisotopic (exact) mass is 385 g/mol. The van der Waals surface area contributed by atoms with Gasteiger partial charge in [0.25, 0.3) is 5.91 Å². The molecule has 1 aliphatic heterocycles. The van der Waals surface area contributed by atoms with Gasteiger partial charge in [0.1, 0.15) is 23.6 Å². The van der Waals surface area contributed by atoms with E-state index in [1.54, 1.807) is 12.1 Å². The molecule has 1 aromatic heterocycles. The Hall–Kier alpha value is -2.71. The summed E-state index contributed by atoms with van der Waals surface area (Å²) in [5.74, 6) is 0.947. The smallest absolute Gasteiger partial charge is 0.274 e. The maximum Gasteiger partial charge on any atom is 0.274 e. The van der Waals surface area contributed by atoms with Crippen LogP contribution in [0.3, 0.4) is 0 Å². The molecular formula is C20H27N5O3. The number of carbonyl (C=O) groups excluding carboxylic acids is 1. The van der Waals surface area contributed by atoms with E-state index in [1.807, 2.05) is 32.0 Å². The molecule has 0 atom stereocenters. The van der Waals surface area contributed by atoms with Crippen molar-refractivity contribution in [2.75, 3.05) is 50.0 Å². The van der Waals surface area contributed by atoms with Crippen LogP contribution >= 0.6 is 0 Å². The Bertz CT molecular complexity index is 778. The number of morpholine rings is 1. The van der Waals surface area contributed by atoms with Crippen molar-refractivity contribution in [3.05, 3.63) is 42.4 Å². The van der Waals surface area contributed by atoms with E-state index in [2.05, 4.69) is 25.5 Å². The van der Waals surface area contributed by atoms with Crippen molar-refractivity contribution in [2.24, 2.45) is 0 Å². The van der Waals surface area contributed by atoms with Gasteiger partial charge >= 0.3 is 0 Å². The summed E-state index contributed by atoms with van der Waals surface area (Å²) in [6.45, 7) is 8.96. The first-order valence-corrected chi connectivity index (χ1v) is 9.55. The molecule has 150 valence electrons. The molecule has 1 fully saturated rings. The molecule has 0 spiro atoms. The van der Waals surface area contributed by atoms with E-state index in [0.717, 1.165) is 39.4 Å². The Morgan fingerprint density at radius 1 is 1.25 bits per heavy atom. The van der Waals surface area contributed by atoms with E-state index in [9.17, 15) is 4.79 Å². The minimum Gasteiger partial charge on any atom is -0.489 e. The van der Waals surface area contributed by atoms with Crippen molar-refractivity contribution >= 4 is 17.4 Å². The van der Waals surface area contributed by atoms with Gasteiger partial charge in [-0.25, -0.2) is 9.97 Å². The molecule has 1 aromatic carbocycles. The zero-order valence-electron chi connectivity index (χ0n) is 16.4. The van der Waals surface area contributed by atoms with Gasteiger partial charge in [0.05, 0.1) is 25.0 Å². The van der Waals surface area contributed by atoms with Gasteiger partial charge < -0.3 is 20.1 Å². The van der Waals surface area contributed by atoms with Crippen LogP contribution in [0, 0.1) is 0 Å². The molecule has 0 saturated carbocycles. The number of nitrogens with zero attached hydrogens (tertiary/aromatic N) is 3. The van der Waals surface area contributed by atoms with E-state index in [-0.39, 0.29) is 12.0 Å². The van der Waals surface area contributed by atoms with Crippen molar-refractivity contribution in [1.29, 1.82) is 0 Å². The Morgan fingerprint density at radius 3 is 2.82 bits per heavy atom. The second kappa shape index (κ2) is 10.0. The summed E-state index contributed by atoms with van der Waals surface area (Å²) in [5.41, 5.74) is 0.907. The van der Waals surface area contributed by atoms with Gasteiger partial charge in [0, 0.05) is 32.2 Å². The van der Waals surface area contributed by atoms with Crippen LogP contribution in [0.4, 0.5) is 11.5 Å². The second-order valence-corrected chi connectivity index (χ2v) is 6.79. The third kappa shape index (κ3) is 5.90. The molecule has 1 amide bonds. The number of aromatic nitrogens is 2. The van der Waals surface area contributed by atoms with Crippen molar-refractivity contribution in [3.63, 3.8) is 0 Å². The number of para-hydroxylation sites is 2. The quantitative estimate of drug-likeness (QED) is 0.720. The van der Waals surface area contributed by atoms with Gasteiger partial charge in [-0.2, -0.15) is 0 Å². The van der Waals surface area contributed by atoms with Crippen LogP contribution in [0.1, 0.15) is 24.3 Å². The van der Waals surface area contributed by atoms with Gasteiger partial charge in [0.2, 0.25) is 0 Å². The molecule has 1 saturated heterocycles. The summed E-state index contributed by atoms with van der Waals surface area (Å²) < 4.78 is 11.1. The Balaban J connectivity index is 1.58. The van der Waals surface area contributed by atoms with Crippen LogP contribution < -0.4 is 15.4 Å². The van der Waals surface area contributed by atoms with Crippen LogP contribution in [0.2, 0.25) is 0 Å². The summed E-state index contributed by atoms with van der Waals surface area (Å²) in [6.07, 6.45) is 1.40. The normalized spacial score (nSPS) is 14.7. The predicted molar refractivity (Wildman–Crippen MR) is 108 cm³/mol. The van der Waals surface area contributed by atoms with Gasteiger partial charge in [-0.1, -0.05) is 12.1 Å². The van der Waals surface area contributed by atoms with Crippen LogP contribution in [0.25, 0.3) is 0 Å². The molecule has 2 N–H and O–H groups in total. The fourth-order valence-corrected chi connectivity index (χ4v) is 2.86. The highest BCUT2D eigenvalue weighted by Gasteiger charge is 2.13. The summed E-state index contributed by atoms with van der Waals surface area (Å²) in [7, 11) is 0. The topological polar surface area (TPSA) is 88.6 Å². The number of ether oxygens (including phenoxy) is 2. The lowest BCUT2D eigenvalue weighted by atomic mass is 10.2. The molecule has 2 heterocycles. The largest absolute Gasteiger partial charge is 0.489 e. The van der Waals surface area contributed by atoms with Crippen molar-refractivity contribution in [1.82, 2.24) is 14.9 Å². The number of carbonyl (C=O) groups is 1. The highest BCUT2D eigenvalue weighted by Crippen LogP contribution is 2.25. The molecular weight excluding hydrogens is 358 g/mol. The number of rotatable bonds is 8. The molecule has 8 nitrogen and oxygen atoms in total. The van der Waals surface area contributed by atoms with Gasteiger partial charge in [-0.05, 0) is 26.0 Å². The number of benzene rings is 1. The van der Waals surface area contributed by atoms with Crippen LogP contribution in [0.15, 0.2) is 36.7 Å². The number of nitrogens with one attached hydrogen (secondary N) is 2. The predicted octanol–water partition coefficient (Wildman–Crippen LogP) is 2.26. The summed E-state index contributed by atoms with van der Waals surface area (Å²) in [6, 6.07) is 9.00. The molecule has 28 heavy (non-hydrogen) atoms. The van der Waals surface area contributed by atoms with Gasteiger partial charge in [-0.15, -0.1) is 0 Å². The second-order valence-electron chi connectivity index (χ2n) is 6.79. The zero-order valence-corrected chi connectivity index (χ0v) is 16.4. The first kappa shape index (κ1) is 20.0. The first-order chi connectivity index (χ1) is 13.6.